The van der Waals surface area contributed by atoms with Crippen molar-refractivity contribution in [1.82, 2.24) is 19.0 Å². The molecule has 1 unspecified atom stereocenters. The minimum Gasteiger partial charge on any atom is -0.357 e. The Morgan fingerprint density at radius 1 is 1.30 bits per heavy atom. The van der Waals surface area contributed by atoms with Crippen molar-refractivity contribution in [2.75, 3.05) is 13.1 Å². The lowest BCUT2D eigenvalue weighted by atomic mass is 9.94. The molecule has 20 heavy (non-hydrogen) atoms. The molecular weight excluding hydrogens is 248 g/mol. The van der Waals surface area contributed by atoms with Crippen molar-refractivity contribution in [1.29, 1.82) is 0 Å². The number of hydrogen-bond acceptors (Lipinski definition) is 2. The lowest BCUT2D eigenvalue weighted by Gasteiger charge is -2.32. The zero-order valence-corrected chi connectivity index (χ0v) is 12.5. The van der Waals surface area contributed by atoms with Crippen molar-refractivity contribution in [2.24, 2.45) is 20.0 Å². The normalized spacial score (nSPS) is 20.4. The largest absolute Gasteiger partial charge is 0.357 e. The zero-order valence-electron chi connectivity index (χ0n) is 12.5. The molecule has 4 nitrogen and oxygen atoms in total. The highest BCUT2D eigenvalue weighted by Gasteiger charge is 2.21. The summed E-state index contributed by atoms with van der Waals surface area (Å²) in [5, 5.41) is 0. The van der Waals surface area contributed by atoms with E-state index in [1.807, 2.05) is 12.4 Å². The van der Waals surface area contributed by atoms with E-state index >= 15 is 0 Å². The van der Waals surface area contributed by atoms with Gasteiger partial charge in [0.1, 0.15) is 5.82 Å². The van der Waals surface area contributed by atoms with E-state index in [4.69, 9.17) is 0 Å². The SMILES string of the molecule is Cn1ccc(CN2CCCC(Cc3nccn3C)C2)c1. The van der Waals surface area contributed by atoms with Crippen LogP contribution in [0, 0.1) is 5.92 Å². The molecule has 3 rings (SSSR count). The van der Waals surface area contributed by atoms with E-state index in [1.54, 1.807) is 0 Å². The first kappa shape index (κ1) is 13.4. The van der Waals surface area contributed by atoms with Gasteiger partial charge in [0.25, 0.3) is 0 Å². The van der Waals surface area contributed by atoms with Gasteiger partial charge in [-0.15, -0.1) is 0 Å². The fourth-order valence-corrected chi connectivity index (χ4v) is 3.23. The molecule has 1 aliphatic heterocycles. The minimum absolute atomic E-state index is 0.744. The number of nitrogens with zero attached hydrogens (tertiary/aromatic N) is 4. The van der Waals surface area contributed by atoms with Gasteiger partial charge >= 0.3 is 0 Å². The molecule has 0 aromatic carbocycles. The van der Waals surface area contributed by atoms with E-state index in [0.717, 1.165) is 18.9 Å². The molecule has 4 heteroatoms. The maximum absolute atomic E-state index is 4.46. The highest BCUT2D eigenvalue weighted by molar-refractivity contribution is 5.10. The van der Waals surface area contributed by atoms with Crippen LogP contribution in [-0.2, 0) is 27.1 Å². The first-order valence-electron chi connectivity index (χ1n) is 7.50. The first-order chi connectivity index (χ1) is 9.70. The molecular formula is C16H24N4. The molecule has 1 saturated heterocycles. The summed E-state index contributed by atoms with van der Waals surface area (Å²) in [6.45, 7) is 3.51. The Morgan fingerprint density at radius 2 is 2.20 bits per heavy atom. The molecule has 1 fully saturated rings. The first-order valence-corrected chi connectivity index (χ1v) is 7.50. The summed E-state index contributed by atoms with van der Waals surface area (Å²) in [6, 6.07) is 2.22. The van der Waals surface area contributed by atoms with Crippen molar-refractivity contribution in [3.8, 4) is 0 Å². The van der Waals surface area contributed by atoms with Gasteiger partial charge < -0.3 is 9.13 Å². The van der Waals surface area contributed by atoms with Crippen molar-refractivity contribution in [2.45, 2.75) is 25.8 Å². The van der Waals surface area contributed by atoms with Gasteiger partial charge in [-0.3, -0.25) is 4.90 Å². The maximum Gasteiger partial charge on any atom is 0.108 e. The van der Waals surface area contributed by atoms with E-state index in [2.05, 4.69) is 51.6 Å². The van der Waals surface area contributed by atoms with Crippen molar-refractivity contribution in [3.63, 3.8) is 0 Å². The van der Waals surface area contributed by atoms with Gasteiger partial charge in [0.15, 0.2) is 0 Å². The number of piperidine rings is 1. The van der Waals surface area contributed by atoms with Crippen LogP contribution in [0.1, 0.15) is 24.2 Å². The fraction of sp³-hybridized carbons (Fsp3) is 0.562. The molecule has 108 valence electrons. The fourth-order valence-electron chi connectivity index (χ4n) is 3.23. The van der Waals surface area contributed by atoms with Crippen LogP contribution in [0.3, 0.4) is 0 Å². The van der Waals surface area contributed by atoms with Gasteiger partial charge in [0.05, 0.1) is 0 Å². The second-order valence-electron chi connectivity index (χ2n) is 6.09. The molecule has 0 saturated carbocycles. The molecule has 0 spiro atoms. The van der Waals surface area contributed by atoms with Crippen LogP contribution in [0.15, 0.2) is 30.9 Å². The van der Waals surface area contributed by atoms with Crippen molar-refractivity contribution in [3.05, 3.63) is 42.2 Å². The monoisotopic (exact) mass is 272 g/mol. The van der Waals surface area contributed by atoms with Crippen LogP contribution in [0.25, 0.3) is 0 Å². The quantitative estimate of drug-likeness (QED) is 0.853. The Labute approximate surface area is 121 Å². The number of likely N-dealkylation sites (tertiary alicyclic amines) is 1. The Morgan fingerprint density at radius 3 is 2.90 bits per heavy atom. The molecule has 3 heterocycles. The summed E-state index contributed by atoms with van der Waals surface area (Å²) < 4.78 is 4.28. The highest BCUT2D eigenvalue weighted by atomic mass is 15.1. The minimum atomic E-state index is 0.744. The number of aryl methyl sites for hydroxylation is 2. The average Bonchev–Trinajstić information content (AvgIpc) is 3.00. The molecule has 0 radical (unpaired) electrons. The third-order valence-electron chi connectivity index (χ3n) is 4.29. The van der Waals surface area contributed by atoms with Crippen LogP contribution >= 0.6 is 0 Å². The summed E-state index contributed by atoms with van der Waals surface area (Å²) in [4.78, 5) is 7.05. The Bertz CT molecular complexity index is 554. The topological polar surface area (TPSA) is 26.0 Å². The standard InChI is InChI=1S/C16H24N4/c1-18-8-5-15(11-18)13-20-7-3-4-14(12-20)10-16-17-6-9-19(16)2/h5-6,8-9,11,14H,3-4,7,10,12-13H2,1-2H3. The second-order valence-corrected chi connectivity index (χ2v) is 6.09. The lowest BCUT2D eigenvalue weighted by molar-refractivity contribution is 0.165. The van der Waals surface area contributed by atoms with Gasteiger partial charge in [-0.2, -0.15) is 0 Å². The van der Waals surface area contributed by atoms with Gasteiger partial charge in [-0.25, -0.2) is 4.98 Å². The summed E-state index contributed by atoms with van der Waals surface area (Å²) in [5.41, 5.74) is 1.42. The lowest BCUT2D eigenvalue weighted by Crippen LogP contribution is -2.36. The predicted octanol–water partition coefficient (Wildman–Crippen LogP) is 2.21. The summed E-state index contributed by atoms with van der Waals surface area (Å²) >= 11 is 0. The van der Waals surface area contributed by atoms with E-state index in [-0.39, 0.29) is 0 Å². The molecule has 2 aromatic heterocycles. The van der Waals surface area contributed by atoms with E-state index < -0.39 is 0 Å². The van der Waals surface area contributed by atoms with Crippen LogP contribution < -0.4 is 0 Å². The maximum atomic E-state index is 4.46. The Kier molecular flexibility index (Phi) is 3.92. The van der Waals surface area contributed by atoms with E-state index in [9.17, 15) is 0 Å². The molecule has 2 aromatic rings. The smallest absolute Gasteiger partial charge is 0.108 e. The van der Waals surface area contributed by atoms with Gasteiger partial charge in [-0.05, 0) is 36.9 Å². The molecule has 1 atom stereocenters. The van der Waals surface area contributed by atoms with Gasteiger partial charge in [-0.1, -0.05) is 0 Å². The third-order valence-corrected chi connectivity index (χ3v) is 4.29. The van der Waals surface area contributed by atoms with Crippen molar-refractivity contribution >= 4 is 0 Å². The molecule has 1 aliphatic rings. The van der Waals surface area contributed by atoms with E-state index in [1.165, 1.54) is 37.3 Å². The number of rotatable bonds is 4. The second kappa shape index (κ2) is 5.83. The molecule has 0 N–H and O–H groups in total. The molecule has 0 aliphatic carbocycles. The van der Waals surface area contributed by atoms with Gasteiger partial charge in [0.2, 0.25) is 0 Å². The molecule has 0 bridgehead atoms. The summed E-state index contributed by atoms with van der Waals surface area (Å²) in [5.74, 6) is 1.96. The van der Waals surface area contributed by atoms with Crippen LogP contribution in [0.4, 0.5) is 0 Å². The number of aromatic nitrogens is 3. The van der Waals surface area contributed by atoms with Crippen LogP contribution in [0.2, 0.25) is 0 Å². The van der Waals surface area contributed by atoms with Crippen molar-refractivity contribution < 1.29 is 0 Å². The zero-order chi connectivity index (χ0) is 13.9. The summed E-state index contributed by atoms with van der Waals surface area (Å²) in [6.07, 6.45) is 12.0. The van der Waals surface area contributed by atoms with Crippen LogP contribution in [-0.4, -0.2) is 32.1 Å². The Balaban J connectivity index is 1.57. The van der Waals surface area contributed by atoms with Gasteiger partial charge in [0, 0.05) is 58.4 Å². The summed E-state index contributed by atoms with van der Waals surface area (Å²) in [7, 11) is 4.18. The average molecular weight is 272 g/mol. The number of imidazole rings is 1. The Hall–Kier alpha value is -1.55. The van der Waals surface area contributed by atoms with Crippen LogP contribution in [0.5, 0.6) is 0 Å². The number of hydrogen-bond donors (Lipinski definition) is 0. The third kappa shape index (κ3) is 3.12. The molecule has 0 amide bonds. The predicted molar refractivity (Wildman–Crippen MR) is 80.3 cm³/mol. The highest BCUT2D eigenvalue weighted by Crippen LogP contribution is 2.21. The van der Waals surface area contributed by atoms with E-state index in [0.29, 0.717) is 0 Å².